The van der Waals surface area contributed by atoms with E-state index in [-0.39, 0.29) is 11.8 Å². The van der Waals surface area contributed by atoms with Gasteiger partial charge < -0.3 is 15.4 Å². The van der Waals surface area contributed by atoms with E-state index in [2.05, 4.69) is 10.6 Å². The highest BCUT2D eigenvalue weighted by atomic mass is 32.1. The molecule has 0 aliphatic carbocycles. The Morgan fingerprint density at radius 2 is 1.96 bits per heavy atom. The smallest absolute Gasteiger partial charge is 0.171 e. The Hall–Kier alpha value is -2.40. The van der Waals surface area contributed by atoms with Gasteiger partial charge in [-0.25, -0.2) is 0 Å². The van der Waals surface area contributed by atoms with E-state index in [9.17, 15) is 4.79 Å². The Kier molecular flexibility index (Phi) is 4.05. The van der Waals surface area contributed by atoms with Gasteiger partial charge in [0.05, 0.1) is 13.2 Å². The SMILES string of the molecule is COc1ccc2ccccc2c1[C@H]1NC(=S)NC(C)=C1C(C)=O. The lowest BCUT2D eigenvalue weighted by Gasteiger charge is -2.31. The largest absolute Gasteiger partial charge is 0.496 e. The summed E-state index contributed by atoms with van der Waals surface area (Å²) >= 11 is 5.29. The Morgan fingerprint density at radius 1 is 1.22 bits per heavy atom. The number of rotatable bonds is 3. The molecule has 0 amide bonds. The summed E-state index contributed by atoms with van der Waals surface area (Å²) in [4.78, 5) is 12.2. The standard InChI is InChI=1S/C18H18N2O2S/c1-10-15(11(2)21)17(20-18(23)19-10)16-13-7-5-4-6-12(13)8-9-14(16)22-3/h4-9,17H,1-3H3,(H2,19,20,23)/t17-/m0/s1. The van der Waals surface area contributed by atoms with Crippen molar-refractivity contribution in [3.63, 3.8) is 0 Å². The van der Waals surface area contributed by atoms with Crippen LogP contribution in [0.1, 0.15) is 25.5 Å². The van der Waals surface area contributed by atoms with Gasteiger partial charge in [0.25, 0.3) is 0 Å². The van der Waals surface area contributed by atoms with Crippen LogP contribution >= 0.6 is 12.2 Å². The first-order valence-electron chi connectivity index (χ1n) is 7.37. The third-order valence-corrected chi connectivity index (χ3v) is 4.31. The Labute approximate surface area is 140 Å². The fraction of sp³-hybridized carbons (Fsp3) is 0.222. The molecular weight excluding hydrogens is 308 g/mol. The van der Waals surface area contributed by atoms with E-state index in [1.165, 1.54) is 0 Å². The molecule has 1 aliphatic heterocycles. The molecule has 1 aliphatic rings. The van der Waals surface area contributed by atoms with Gasteiger partial charge >= 0.3 is 0 Å². The summed E-state index contributed by atoms with van der Waals surface area (Å²) in [7, 11) is 1.64. The van der Waals surface area contributed by atoms with Crippen LogP contribution in [-0.4, -0.2) is 18.0 Å². The molecule has 0 spiro atoms. The summed E-state index contributed by atoms with van der Waals surface area (Å²) in [5.41, 5.74) is 2.38. The highest BCUT2D eigenvalue weighted by Crippen LogP contribution is 2.38. The van der Waals surface area contributed by atoms with Crippen molar-refractivity contribution in [1.29, 1.82) is 0 Å². The van der Waals surface area contributed by atoms with Crippen LogP contribution in [0.25, 0.3) is 10.8 Å². The first-order valence-corrected chi connectivity index (χ1v) is 7.78. The van der Waals surface area contributed by atoms with Gasteiger partial charge in [0.2, 0.25) is 0 Å². The van der Waals surface area contributed by atoms with E-state index < -0.39 is 0 Å². The first-order chi connectivity index (χ1) is 11.0. The second kappa shape index (κ2) is 6.01. The molecule has 0 fully saturated rings. The summed E-state index contributed by atoms with van der Waals surface area (Å²) in [6, 6.07) is 11.7. The maximum atomic E-state index is 12.2. The molecule has 5 heteroatoms. The molecule has 3 rings (SSSR count). The number of thiocarbonyl (C=S) groups is 1. The molecular formula is C18H18N2O2S. The molecule has 0 saturated carbocycles. The van der Waals surface area contributed by atoms with Crippen molar-refractivity contribution < 1.29 is 9.53 Å². The van der Waals surface area contributed by atoms with E-state index >= 15 is 0 Å². The fourth-order valence-electron chi connectivity index (χ4n) is 3.13. The monoisotopic (exact) mass is 326 g/mol. The van der Waals surface area contributed by atoms with Gasteiger partial charge in [-0.2, -0.15) is 0 Å². The number of allylic oxidation sites excluding steroid dienone is 1. The first kappa shape index (κ1) is 15.5. The molecule has 0 unspecified atom stereocenters. The Balaban J connectivity index is 2.31. The third-order valence-electron chi connectivity index (χ3n) is 4.09. The number of Topliss-reactive ketones (excluding diaryl/α,β-unsaturated/α-hetero) is 1. The summed E-state index contributed by atoms with van der Waals surface area (Å²) in [5, 5.41) is 8.90. The molecule has 1 atom stereocenters. The maximum absolute atomic E-state index is 12.2. The van der Waals surface area contributed by atoms with Crippen LogP contribution in [0, 0.1) is 0 Å². The zero-order chi connectivity index (χ0) is 16.6. The summed E-state index contributed by atoms with van der Waals surface area (Å²) in [6.07, 6.45) is 0. The number of fused-ring (bicyclic) bond motifs is 1. The fourth-order valence-corrected chi connectivity index (χ4v) is 3.40. The van der Waals surface area contributed by atoms with E-state index in [1.807, 2.05) is 43.3 Å². The number of ketones is 1. The zero-order valence-corrected chi connectivity index (χ0v) is 14.1. The highest BCUT2D eigenvalue weighted by molar-refractivity contribution is 7.80. The second-order valence-electron chi connectivity index (χ2n) is 5.53. The van der Waals surface area contributed by atoms with Crippen molar-refractivity contribution in [2.24, 2.45) is 0 Å². The molecule has 0 saturated heterocycles. The van der Waals surface area contributed by atoms with Gasteiger partial charge in [0.15, 0.2) is 10.9 Å². The zero-order valence-electron chi connectivity index (χ0n) is 13.3. The van der Waals surface area contributed by atoms with Gasteiger partial charge in [0.1, 0.15) is 5.75 Å². The van der Waals surface area contributed by atoms with Gasteiger partial charge in [-0.1, -0.05) is 30.3 Å². The molecule has 1 heterocycles. The number of carbonyl (C=O) groups is 1. The topological polar surface area (TPSA) is 50.4 Å². The summed E-state index contributed by atoms with van der Waals surface area (Å²) in [6.45, 7) is 3.44. The predicted molar refractivity (Wildman–Crippen MR) is 95.5 cm³/mol. The number of nitrogens with one attached hydrogen (secondary N) is 2. The van der Waals surface area contributed by atoms with Crippen molar-refractivity contribution in [2.45, 2.75) is 19.9 Å². The molecule has 2 aromatic carbocycles. The maximum Gasteiger partial charge on any atom is 0.171 e. The molecule has 118 valence electrons. The van der Waals surface area contributed by atoms with E-state index in [4.69, 9.17) is 17.0 Å². The van der Waals surface area contributed by atoms with E-state index in [0.29, 0.717) is 10.7 Å². The predicted octanol–water partition coefficient (Wildman–Crippen LogP) is 3.23. The number of hydrogen-bond donors (Lipinski definition) is 2. The molecule has 23 heavy (non-hydrogen) atoms. The number of methoxy groups -OCH3 is 1. The number of carbonyl (C=O) groups excluding carboxylic acids is 1. The van der Waals surface area contributed by atoms with Crippen LogP contribution in [0.5, 0.6) is 5.75 Å². The summed E-state index contributed by atoms with van der Waals surface area (Å²) in [5.74, 6) is 0.738. The van der Waals surface area contributed by atoms with E-state index in [1.54, 1.807) is 14.0 Å². The second-order valence-corrected chi connectivity index (χ2v) is 5.94. The third kappa shape index (κ3) is 2.68. The highest BCUT2D eigenvalue weighted by Gasteiger charge is 2.31. The van der Waals surface area contributed by atoms with Crippen LogP contribution in [-0.2, 0) is 4.79 Å². The van der Waals surface area contributed by atoms with Crippen molar-refractivity contribution in [3.05, 3.63) is 53.2 Å². The molecule has 0 aromatic heterocycles. The Bertz CT molecular complexity index is 842. The van der Waals surface area contributed by atoms with Crippen molar-refractivity contribution >= 4 is 33.9 Å². The molecule has 2 N–H and O–H groups in total. The van der Waals surface area contributed by atoms with E-state index in [0.717, 1.165) is 27.8 Å². The lowest BCUT2D eigenvalue weighted by molar-refractivity contribution is -0.114. The van der Waals surface area contributed by atoms with Gasteiger partial charge in [-0.3, -0.25) is 4.79 Å². The van der Waals surface area contributed by atoms with Gasteiger partial charge in [-0.05, 0) is 42.9 Å². The van der Waals surface area contributed by atoms with Crippen LogP contribution < -0.4 is 15.4 Å². The minimum atomic E-state index is -0.331. The molecule has 2 aromatic rings. The number of hydrogen-bond acceptors (Lipinski definition) is 3. The minimum Gasteiger partial charge on any atom is -0.496 e. The van der Waals surface area contributed by atoms with Crippen LogP contribution in [0.15, 0.2) is 47.7 Å². The average Bonchev–Trinajstić information content (AvgIpc) is 2.52. The van der Waals surface area contributed by atoms with Crippen LogP contribution in [0.2, 0.25) is 0 Å². The van der Waals surface area contributed by atoms with Gasteiger partial charge in [-0.15, -0.1) is 0 Å². The normalized spacial score (nSPS) is 17.7. The molecule has 0 bridgehead atoms. The number of benzene rings is 2. The number of ether oxygens (including phenoxy) is 1. The van der Waals surface area contributed by atoms with Crippen molar-refractivity contribution in [2.75, 3.05) is 7.11 Å². The Morgan fingerprint density at radius 3 is 2.65 bits per heavy atom. The van der Waals surface area contributed by atoms with Crippen molar-refractivity contribution in [1.82, 2.24) is 10.6 Å². The quantitative estimate of drug-likeness (QED) is 0.848. The van der Waals surface area contributed by atoms with Gasteiger partial charge in [0, 0.05) is 16.8 Å². The lowest BCUT2D eigenvalue weighted by atomic mass is 9.89. The van der Waals surface area contributed by atoms with Crippen LogP contribution in [0.3, 0.4) is 0 Å². The lowest BCUT2D eigenvalue weighted by Crippen LogP contribution is -2.44. The average molecular weight is 326 g/mol. The molecule has 0 radical (unpaired) electrons. The van der Waals surface area contributed by atoms with Crippen molar-refractivity contribution in [3.8, 4) is 5.75 Å². The summed E-state index contributed by atoms with van der Waals surface area (Å²) < 4.78 is 5.57. The van der Waals surface area contributed by atoms with Crippen LogP contribution in [0.4, 0.5) is 0 Å². The minimum absolute atomic E-state index is 0.00462. The molecule has 4 nitrogen and oxygen atoms in total.